The van der Waals surface area contributed by atoms with Gasteiger partial charge in [0.2, 0.25) is 0 Å². The van der Waals surface area contributed by atoms with Gasteiger partial charge >= 0.3 is 5.97 Å². The molecule has 0 aromatic heterocycles. The molecule has 5 nitrogen and oxygen atoms in total. The molecule has 0 bridgehead atoms. The molecule has 0 atom stereocenters. The molecule has 5 heteroatoms. The molecule has 7 aromatic rings. The summed E-state index contributed by atoms with van der Waals surface area (Å²) < 4.78 is 5.35. The predicted molar refractivity (Wildman–Crippen MR) is 212 cm³/mol. The van der Waals surface area contributed by atoms with Crippen molar-refractivity contribution in [2.45, 2.75) is 26.7 Å². The van der Waals surface area contributed by atoms with Crippen LogP contribution >= 0.6 is 0 Å². The third kappa shape index (κ3) is 7.34. The molecule has 7 aromatic carbocycles. The van der Waals surface area contributed by atoms with E-state index >= 15 is 0 Å². The van der Waals surface area contributed by atoms with Gasteiger partial charge in [0, 0.05) is 39.7 Å². The Balaban J connectivity index is 1.29. The predicted octanol–water partition coefficient (Wildman–Crippen LogP) is 12.0. The van der Waals surface area contributed by atoms with Crippen LogP contribution in [0, 0.1) is 13.8 Å². The molecule has 7 rings (SSSR count). The van der Waals surface area contributed by atoms with E-state index in [-0.39, 0.29) is 11.9 Å². The molecule has 0 spiro atoms. The third-order valence-corrected chi connectivity index (χ3v) is 9.30. The van der Waals surface area contributed by atoms with Crippen LogP contribution in [0.4, 0.5) is 34.1 Å². The quantitative estimate of drug-likeness (QED) is 0.0946. The monoisotopic (exact) mass is 667 g/mol. The number of aryl methyl sites for hydroxylation is 2. The van der Waals surface area contributed by atoms with Crippen LogP contribution in [-0.2, 0) is 4.74 Å². The normalized spacial score (nSPS) is 11.0. The molecular formula is C46H41N3O2. The lowest BCUT2D eigenvalue weighted by atomic mass is 9.82. The second kappa shape index (κ2) is 15.1. The van der Waals surface area contributed by atoms with Crippen molar-refractivity contribution in [2.24, 2.45) is 0 Å². The van der Waals surface area contributed by atoms with Crippen LogP contribution < -0.4 is 16.0 Å². The Bertz CT molecular complexity index is 2200. The first kappa shape index (κ1) is 33.2. The van der Waals surface area contributed by atoms with E-state index in [0.717, 1.165) is 39.2 Å². The van der Waals surface area contributed by atoms with E-state index < -0.39 is 0 Å². The van der Waals surface area contributed by atoms with Crippen molar-refractivity contribution in [2.75, 3.05) is 22.6 Å². The summed E-state index contributed by atoms with van der Waals surface area (Å²) in [6.45, 7) is 6.37. The highest BCUT2D eigenvalue weighted by atomic mass is 16.5. The third-order valence-electron chi connectivity index (χ3n) is 9.30. The highest BCUT2D eigenvalue weighted by Crippen LogP contribution is 2.40. The fourth-order valence-corrected chi connectivity index (χ4v) is 6.61. The number of carbonyl (C=O) groups excluding carboxylic acids is 1. The number of hydrogen-bond acceptors (Lipinski definition) is 5. The van der Waals surface area contributed by atoms with Crippen molar-refractivity contribution in [3.63, 3.8) is 0 Å². The molecule has 0 aliphatic carbocycles. The Labute approximate surface area is 300 Å². The smallest absolute Gasteiger partial charge is 0.340 e. The zero-order valence-electron chi connectivity index (χ0n) is 29.1. The topological polar surface area (TPSA) is 62.4 Å². The number of nitrogens with one attached hydrogen (secondary N) is 3. The number of benzene rings is 7. The van der Waals surface area contributed by atoms with Gasteiger partial charge in [0.05, 0.1) is 17.9 Å². The lowest BCUT2D eigenvalue weighted by Crippen LogP contribution is -2.08. The largest absolute Gasteiger partial charge is 0.462 e. The van der Waals surface area contributed by atoms with Gasteiger partial charge < -0.3 is 20.7 Å². The minimum absolute atomic E-state index is 0.0456. The number of para-hydroxylation sites is 3. The number of esters is 1. The number of fused-ring (bicyclic) bond motifs is 1. The molecule has 0 fully saturated rings. The molecule has 0 radical (unpaired) electrons. The van der Waals surface area contributed by atoms with Gasteiger partial charge in [-0.3, -0.25) is 0 Å². The lowest BCUT2D eigenvalue weighted by molar-refractivity contribution is 0.0527. The van der Waals surface area contributed by atoms with Crippen LogP contribution in [0.25, 0.3) is 10.8 Å². The van der Waals surface area contributed by atoms with Crippen molar-refractivity contribution >= 4 is 50.9 Å². The van der Waals surface area contributed by atoms with Gasteiger partial charge in [-0.05, 0) is 109 Å². The fraction of sp³-hybridized carbons (Fsp3) is 0.109. The molecule has 0 saturated heterocycles. The Morgan fingerprint density at radius 3 is 1.55 bits per heavy atom. The summed E-state index contributed by atoms with van der Waals surface area (Å²) >= 11 is 0. The maximum atomic E-state index is 12.8. The van der Waals surface area contributed by atoms with Crippen molar-refractivity contribution in [3.8, 4) is 0 Å². The highest BCUT2D eigenvalue weighted by molar-refractivity contribution is 6.01. The summed E-state index contributed by atoms with van der Waals surface area (Å²) in [4.78, 5) is 12.8. The van der Waals surface area contributed by atoms with E-state index in [1.807, 2.05) is 25.1 Å². The SMILES string of the molecule is CCOC(=O)c1ccccc1Nc1ccc(C(c2ccc(Nc3ccccc3C)cc2)c2ccc(Nc3ccccc3C)cc2)c2ccccc12. The van der Waals surface area contributed by atoms with Crippen molar-refractivity contribution in [3.05, 3.63) is 191 Å². The van der Waals surface area contributed by atoms with Crippen LogP contribution in [0.2, 0.25) is 0 Å². The van der Waals surface area contributed by atoms with E-state index in [0.29, 0.717) is 17.9 Å². The van der Waals surface area contributed by atoms with Gasteiger partial charge in [0.25, 0.3) is 0 Å². The average Bonchev–Trinajstić information content (AvgIpc) is 3.16. The van der Waals surface area contributed by atoms with Crippen LogP contribution in [0.3, 0.4) is 0 Å². The second-order valence-corrected chi connectivity index (χ2v) is 12.7. The fourth-order valence-electron chi connectivity index (χ4n) is 6.61. The van der Waals surface area contributed by atoms with Crippen LogP contribution in [0.5, 0.6) is 0 Å². The van der Waals surface area contributed by atoms with E-state index in [1.165, 1.54) is 27.8 Å². The maximum Gasteiger partial charge on any atom is 0.340 e. The second-order valence-electron chi connectivity index (χ2n) is 12.7. The van der Waals surface area contributed by atoms with Crippen molar-refractivity contribution in [1.82, 2.24) is 0 Å². The van der Waals surface area contributed by atoms with Crippen molar-refractivity contribution < 1.29 is 9.53 Å². The minimum atomic E-state index is -0.345. The molecule has 252 valence electrons. The highest BCUT2D eigenvalue weighted by Gasteiger charge is 2.21. The minimum Gasteiger partial charge on any atom is -0.462 e. The molecule has 3 N–H and O–H groups in total. The maximum absolute atomic E-state index is 12.8. The Kier molecular flexibility index (Phi) is 9.80. The van der Waals surface area contributed by atoms with E-state index in [2.05, 4.69) is 163 Å². The van der Waals surface area contributed by atoms with Gasteiger partial charge in [-0.1, -0.05) is 103 Å². The standard InChI is InChI=1S/C46H41N3O2/c1-4-51-46(50)40-17-9-12-20-43(40)49-44-30-29-39(37-15-7-8-16-38(37)44)45(33-21-25-35(26-22-33)47-41-18-10-5-13-31(41)2)34-23-27-36(28-24-34)48-42-19-11-6-14-32(42)3/h5-30,45,47-49H,4H2,1-3H3. The summed E-state index contributed by atoms with van der Waals surface area (Å²) in [5, 5.41) is 12.9. The molecule has 0 unspecified atom stereocenters. The number of ether oxygens (including phenoxy) is 1. The average molecular weight is 668 g/mol. The van der Waals surface area contributed by atoms with E-state index in [9.17, 15) is 4.79 Å². The van der Waals surface area contributed by atoms with Gasteiger partial charge in [0.1, 0.15) is 0 Å². The Morgan fingerprint density at radius 1 is 0.510 bits per heavy atom. The molecule has 51 heavy (non-hydrogen) atoms. The summed E-state index contributed by atoms with van der Waals surface area (Å²) in [6, 6.07) is 54.5. The van der Waals surface area contributed by atoms with Crippen molar-refractivity contribution in [1.29, 1.82) is 0 Å². The lowest BCUT2D eigenvalue weighted by Gasteiger charge is -2.23. The summed E-state index contributed by atoms with van der Waals surface area (Å²) in [5.41, 5.74) is 12.3. The summed E-state index contributed by atoms with van der Waals surface area (Å²) in [7, 11) is 0. The molecule has 0 heterocycles. The van der Waals surface area contributed by atoms with E-state index in [1.54, 1.807) is 6.07 Å². The first-order valence-corrected chi connectivity index (χ1v) is 17.4. The zero-order chi connectivity index (χ0) is 35.2. The molecule has 0 saturated carbocycles. The van der Waals surface area contributed by atoms with Gasteiger partial charge in [-0.2, -0.15) is 0 Å². The first-order valence-electron chi connectivity index (χ1n) is 17.4. The van der Waals surface area contributed by atoms with Crippen LogP contribution in [0.15, 0.2) is 158 Å². The van der Waals surface area contributed by atoms with Crippen LogP contribution in [-0.4, -0.2) is 12.6 Å². The molecule has 0 aliphatic heterocycles. The molecule has 0 aliphatic rings. The first-order chi connectivity index (χ1) is 25.0. The zero-order valence-corrected chi connectivity index (χ0v) is 29.1. The summed E-state index contributed by atoms with van der Waals surface area (Å²) in [5.74, 6) is -0.391. The van der Waals surface area contributed by atoms with Gasteiger partial charge in [-0.25, -0.2) is 4.79 Å². The van der Waals surface area contributed by atoms with E-state index in [4.69, 9.17) is 4.74 Å². The Hall–Kier alpha value is -6.33. The number of rotatable bonds is 11. The van der Waals surface area contributed by atoms with Crippen LogP contribution in [0.1, 0.15) is 51.0 Å². The number of carbonyl (C=O) groups is 1. The molecular weight excluding hydrogens is 627 g/mol. The van der Waals surface area contributed by atoms with Gasteiger partial charge in [0.15, 0.2) is 0 Å². The number of hydrogen-bond donors (Lipinski definition) is 3. The molecule has 0 amide bonds. The van der Waals surface area contributed by atoms with Gasteiger partial charge in [-0.15, -0.1) is 0 Å². The number of anilines is 6. The summed E-state index contributed by atoms with van der Waals surface area (Å²) in [6.07, 6.45) is 0. The Morgan fingerprint density at radius 2 is 1.00 bits per heavy atom.